The summed E-state index contributed by atoms with van der Waals surface area (Å²) in [5.74, 6) is 1.16. The minimum absolute atomic E-state index is 0.225. The van der Waals surface area contributed by atoms with Crippen molar-refractivity contribution in [2.75, 3.05) is 5.73 Å². The number of carbonyl (C=O) groups is 1. The van der Waals surface area contributed by atoms with E-state index in [0.717, 1.165) is 29.2 Å². The fourth-order valence-electron chi connectivity index (χ4n) is 1.98. The highest BCUT2D eigenvalue weighted by Gasteiger charge is 2.12. The van der Waals surface area contributed by atoms with Crippen LogP contribution in [0.2, 0.25) is 0 Å². The molecule has 0 aliphatic carbocycles. The molecule has 0 atom stereocenters. The van der Waals surface area contributed by atoms with Gasteiger partial charge in [0.2, 0.25) is 0 Å². The summed E-state index contributed by atoms with van der Waals surface area (Å²) in [6.45, 7) is 4.59. The fraction of sp³-hybridized carbons (Fsp3) is 0.235. The summed E-state index contributed by atoms with van der Waals surface area (Å²) in [6.07, 6.45) is 0.588. The first-order valence-corrected chi connectivity index (χ1v) is 6.72. The van der Waals surface area contributed by atoms with Gasteiger partial charge in [-0.2, -0.15) is 0 Å². The minimum Gasteiger partial charge on any atom is -0.488 e. The number of hydrogen-bond donors (Lipinski definition) is 1. The van der Waals surface area contributed by atoms with Crippen molar-refractivity contribution in [3.05, 3.63) is 59.2 Å². The molecule has 3 rings (SSSR count). The van der Waals surface area contributed by atoms with E-state index in [1.54, 1.807) is 0 Å². The second-order valence-corrected chi connectivity index (χ2v) is 4.75. The van der Waals surface area contributed by atoms with Gasteiger partial charge in [0.1, 0.15) is 12.4 Å². The maximum atomic E-state index is 11.2. The van der Waals surface area contributed by atoms with Crippen molar-refractivity contribution < 1.29 is 9.53 Å². The molecule has 3 heteroatoms. The van der Waals surface area contributed by atoms with Gasteiger partial charge in [-0.3, -0.25) is 4.79 Å². The van der Waals surface area contributed by atoms with E-state index in [0.29, 0.717) is 6.42 Å². The smallest absolute Gasteiger partial charge is 0.162 e. The van der Waals surface area contributed by atoms with Crippen LogP contribution in [0.4, 0.5) is 5.69 Å². The van der Waals surface area contributed by atoms with Crippen LogP contribution >= 0.6 is 0 Å². The average Bonchev–Trinajstić information content (AvgIpc) is 2.43. The Bertz CT molecular complexity index is 620. The molecule has 1 aliphatic rings. The van der Waals surface area contributed by atoms with Gasteiger partial charge in [-0.1, -0.05) is 31.2 Å². The number of ether oxygens (including phenoxy) is 1. The van der Waals surface area contributed by atoms with E-state index in [1.165, 1.54) is 5.56 Å². The van der Waals surface area contributed by atoms with Gasteiger partial charge in [-0.15, -0.1) is 0 Å². The van der Waals surface area contributed by atoms with Crippen LogP contribution in [0.15, 0.2) is 42.5 Å². The number of ketones is 1. The molecular weight excluding hydrogens is 250 g/mol. The van der Waals surface area contributed by atoms with Gasteiger partial charge in [-0.05, 0) is 24.6 Å². The number of carbonyl (C=O) groups excluding carboxylic acids is 1. The number of nitrogen functional groups attached to an aromatic ring is 1. The molecule has 0 aromatic heterocycles. The number of nitrogens with two attached hydrogens (primary N) is 1. The lowest BCUT2D eigenvalue weighted by atomic mass is 10.0. The zero-order valence-electron chi connectivity index (χ0n) is 11.8. The highest BCUT2D eigenvalue weighted by Crippen LogP contribution is 2.30. The Kier molecular flexibility index (Phi) is 4.41. The van der Waals surface area contributed by atoms with Gasteiger partial charge in [-0.25, -0.2) is 0 Å². The van der Waals surface area contributed by atoms with Crippen molar-refractivity contribution in [1.82, 2.24) is 0 Å². The highest BCUT2D eigenvalue weighted by atomic mass is 16.5. The van der Waals surface area contributed by atoms with Crippen LogP contribution in [0.1, 0.15) is 34.8 Å². The Labute approximate surface area is 119 Å². The molecule has 0 radical (unpaired) electrons. The lowest BCUT2D eigenvalue weighted by molar-refractivity contribution is 0.0987. The first-order chi connectivity index (χ1) is 9.61. The maximum Gasteiger partial charge on any atom is 0.162 e. The zero-order chi connectivity index (χ0) is 14.5. The number of fused-ring (bicyclic) bond motifs is 1. The predicted octanol–water partition coefficient (Wildman–Crippen LogP) is 3.75. The highest BCUT2D eigenvalue weighted by molar-refractivity contribution is 5.97. The van der Waals surface area contributed by atoms with E-state index in [2.05, 4.69) is 0 Å². The molecule has 104 valence electrons. The van der Waals surface area contributed by atoms with Gasteiger partial charge in [0.25, 0.3) is 0 Å². The summed E-state index contributed by atoms with van der Waals surface area (Å²) in [4.78, 5) is 11.2. The molecule has 1 aliphatic heterocycles. The van der Waals surface area contributed by atoms with Gasteiger partial charge < -0.3 is 10.5 Å². The molecule has 0 amide bonds. The molecule has 2 aromatic rings. The summed E-state index contributed by atoms with van der Waals surface area (Å²) < 4.78 is 5.08. The molecule has 1 heterocycles. The Morgan fingerprint density at radius 2 is 2.00 bits per heavy atom. The van der Waals surface area contributed by atoms with Crippen LogP contribution in [0.25, 0.3) is 0 Å². The van der Waals surface area contributed by atoms with Crippen LogP contribution in [0.5, 0.6) is 5.75 Å². The number of aryl methyl sites for hydroxylation is 1. The normalized spacial score (nSPS) is 11.3. The number of anilines is 1. The molecule has 0 saturated carbocycles. The molecule has 0 saturated heterocycles. The summed E-state index contributed by atoms with van der Waals surface area (Å²) >= 11 is 0. The second-order valence-electron chi connectivity index (χ2n) is 4.75. The zero-order valence-corrected chi connectivity index (χ0v) is 11.8. The van der Waals surface area contributed by atoms with E-state index in [4.69, 9.17) is 10.5 Å². The largest absolute Gasteiger partial charge is 0.488 e. The van der Waals surface area contributed by atoms with Crippen LogP contribution < -0.4 is 10.5 Å². The monoisotopic (exact) mass is 269 g/mol. The fourth-order valence-corrected chi connectivity index (χ4v) is 1.98. The summed E-state index contributed by atoms with van der Waals surface area (Å²) in [7, 11) is 0. The van der Waals surface area contributed by atoms with Crippen molar-refractivity contribution in [3.63, 3.8) is 0 Å². The van der Waals surface area contributed by atoms with E-state index < -0.39 is 0 Å². The Hall–Kier alpha value is -2.29. The van der Waals surface area contributed by atoms with Gasteiger partial charge in [0.05, 0.1) is 0 Å². The van der Waals surface area contributed by atoms with Crippen molar-refractivity contribution in [2.45, 2.75) is 26.9 Å². The van der Waals surface area contributed by atoms with E-state index in [-0.39, 0.29) is 5.78 Å². The van der Waals surface area contributed by atoms with E-state index >= 15 is 0 Å². The molecule has 20 heavy (non-hydrogen) atoms. The van der Waals surface area contributed by atoms with Crippen LogP contribution in [0, 0.1) is 6.92 Å². The van der Waals surface area contributed by atoms with Gasteiger partial charge in [0.15, 0.2) is 5.78 Å². The molecule has 0 bridgehead atoms. The quantitative estimate of drug-likeness (QED) is 0.667. The lowest BCUT2D eigenvalue weighted by Crippen LogP contribution is -2.08. The average molecular weight is 269 g/mol. The molecule has 0 unspecified atom stereocenters. The number of benzene rings is 2. The Morgan fingerprint density at radius 3 is 2.50 bits per heavy atom. The summed E-state index contributed by atoms with van der Waals surface area (Å²) in [5, 5.41) is 0. The number of rotatable bonds is 2. The third-order valence-corrected chi connectivity index (χ3v) is 3.24. The lowest BCUT2D eigenvalue weighted by Gasteiger charge is -2.19. The summed E-state index contributed by atoms with van der Waals surface area (Å²) in [6, 6.07) is 13.4. The number of hydrogen-bond acceptors (Lipinski definition) is 3. The molecule has 2 N–H and O–H groups in total. The second kappa shape index (κ2) is 6.24. The van der Waals surface area contributed by atoms with Crippen molar-refractivity contribution in [1.29, 1.82) is 0 Å². The molecule has 2 aromatic carbocycles. The van der Waals surface area contributed by atoms with Crippen LogP contribution in [-0.4, -0.2) is 5.78 Å². The van der Waals surface area contributed by atoms with Gasteiger partial charge >= 0.3 is 0 Å². The van der Waals surface area contributed by atoms with Crippen LogP contribution in [-0.2, 0) is 6.61 Å². The Morgan fingerprint density at radius 1 is 1.25 bits per heavy atom. The first kappa shape index (κ1) is 14.1. The first-order valence-electron chi connectivity index (χ1n) is 6.72. The van der Waals surface area contributed by atoms with Crippen molar-refractivity contribution in [3.8, 4) is 5.75 Å². The summed E-state index contributed by atoms with van der Waals surface area (Å²) in [5.41, 5.74) is 9.43. The molecule has 3 nitrogen and oxygen atoms in total. The Balaban J connectivity index is 0.000000149. The predicted molar refractivity (Wildman–Crippen MR) is 81.0 cm³/mol. The minimum atomic E-state index is 0.225. The van der Waals surface area contributed by atoms with Crippen molar-refractivity contribution >= 4 is 11.5 Å². The molecular formula is C17H19NO2. The third-order valence-electron chi connectivity index (χ3n) is 3.24. The third kappa shape index (κ3) is 3.18. The van der Waals surface area contributed by atoms with E-state index in [1.807, 2.05) is 56.3 Å². The van der Waals surface area contributed by atoms with Crippen molar-refractivity contribution in [2.24, 2.45) is 0 Å². The molecule has 0 spiro atoms. The van der Waals surface area contributed by atoms with Crippen LogP contribution in [0.3, 0.4) is 0 Å². The molecule has 0 fully saturated rings. The number of Topliss-reactive ketones (excluding diaryl/α,β-unsaturated/α-hetero) is 1. The van der Waals surface area contributed by atoms with E-state index in [9.17, 15) is 4.79 Å². The standard InChI is InChI=1S/C10H12O.C7H7NO/c1-3-10(11)9-7-5-4-6-8(9)2;8-6-2-1-5-4-9-7(5)3-6/h4-7H,3H2,1-2H3;1-3H,4,8H2. The van der Waals surface area contributed by atoms with Gasteiger partial charge in [0, 0.05) is 29.3 Å². The maximum absolute atomic E-state index is 11.2. The topological polar surface area (TPSA) is 52.3 Å². The SMILES string of the molecule is CCC(=O)c1ccccc1C.Nc1ccc2c(c1)OC2.